The van der Waals surface area contributed by atoms with Gasteiger partial charge in [-0.1, -0.05) is 29.4 Å². The lowest BCUT2D eigenvalue weighted by molar-refractivity contribution is 0.00578. The second kappa shape index (κ2) is 6.49. The monoisotopic (exact) mass is 321 g/mol. The Kier molecular flexibility index (Phi) is 5.01. The van der Waals surface area contributed by atoms with Gasteiger partial charge in [-0.05, 0) is 44.3 Å². The van der Waals surface area contributed by atoms with Crippen LogP contribution in [0.4, 0.5) is 4.39 Å². The number of azide groups is 1. The maximum atomic E-state index is 12.8. The van der Waals surface area contributed by atoms with Gasteiger partial charge in [0.05, 0.1) is 23.3 Å². The fourth-order valence-electron chi connectivity index (χ4n) is 2.30. The Balaban J connectivity index is 2.16. The van der Waals surface area contributed by atoms with Crippen LogP contribution in [0.25, 0.3) is 10.4 Å². The molecule has 0 radical (unpaired) electrons. The third kappa shape index (κ3) is 3.51. The number of halogens is 1. The van der Waals surface area contributed by atoms with Crippen LogP contribution in [0, 0.1) is 0 Å². The molecule has 1 fully saturated rings. The average Bonchev–Trinajstić information content (AvgIpc) is 2.72. The summed E-state index contributed by atoms with van der Waals surface area (Å²) in [6.07, 6.45) is -1.19. The molecule has 1 aromatic carbocycles. The molecule has 0 amide bonds. The molecule has 0 aliphatic carbocycles. The van der Waals surface area contributed by atoms with Gasteiger partial charge in [-0.15, -0.1) is 0 Å². The second-order valence-electron chi connectivity index (χ2n) is 6.63. The van der Waals surface area contributed by atoms with Gasteiger partial charge in [-0.2, -0.15) is 0 Å². The van der Waals surface area contributed by atoms with Crippen LogP contribution < -0.4 is 5.46 Å². The smallest absolute Gasteiger partial charge is 0.399 e. The minimum Gasteiger partial charge on any atom is -0.399 e. The molecule has 8 heteroatoms. The molecule has 0 bridgehead atoms. The van der Waals surface area contributed by atoms with Crippen molar-refractivity contribution in [1.82, 2.24) is 0 Å². The van der Waals surface area contributed by atoms with Crippen molar-refractivity contribution in [2.24, 2.45) is 5.11 Å². The number of aliphatic hydroxyl groups is 1. The molecule has 0 saturated carbocycles. The first-order valence-corrected chi connectivity index (χ1v) is 7.45. The normalized spacial score (nSPS) is 21.6. The summed E-state index contributed by atoms with van der Waals surface area (Å²) in [4.78, 5) is 2.55. The zero-order chi connectivity index (χ0) is 17.3. The van der Waals surface area contributed by atoms with Crippen molar-refractivity contribution in [3.05, 3.63) is 40.3 Å². The van der Waals surface area contributed by atoms with Crippen LogP contribution in [0.3, 0.4) is 0 Å². The topological polar surface area (TPSA) is 87.5 Å². The molecular weight excluding hydrogens is 300 g/mol. The number of aliphatic hydroxyl groups excluding tert-OH is 1. The van der Waals surface area contributed by atoms with Gasteiger partial charge < -0.3 is 14.4 Å². The zero-order valence-electron chi connectivity index (χ0n) is 13.7. The zero-order valence-corrected chi connectivity index (χ0v) is 13.7. The lowest BCUT2D eigenvalue weighted by Gasteiger charge is -2.32. The fraction of sp³-hybridized carbons (Fsp3) is 0.600. The largest absolute Gasteiger partial charge is 0.494 e. The van der Waals surface area contributed by atoms with Gasteiger partial charge >= 0.3 is 7.12 Å². The average molecular weight is 321 g/mol. The Labute approximate surface area is 135 Å². The molecule has 1 aliphatic rings. The molecule has 1 heterocycles. The summed E-state index contributed by atoms with van der Waals surface area (Å²) >= 11 is 0. The summed E-state index contributed by atoms with van der Waals surface area (Å²) in [7, 11) is -0.500. The Hall–Kier alpha value is -1.60. The number of hydrogen-bond acceptors (Lipinski definition) is 4. The quantitative estimate of drug-likeness (QED) is 0.391. The molecule has 1 aromatic rings. The Morgan fingerprint density at radius 1 is 1.22 bits per heavy atom. The highest BCUT2D eigenvalue weighted by atomic mass is 19.1. The third-order valence-electron chi connectivity index (χ3n) is 4.53. The van der Waals surface area contributed by atoms with Gasteiger partial charge in [0.1, 0.15) is 6.67 Å². The second-order valence-corrected chi connectivity index (χ2v) is 6.63. The van der Waals surface area contributed by atoms with E-state index in [9.17, 15) is 9.50 Å². The van der Waals surface area contributed by atoms with Crippen LogP contribution in [-0.4, -0.2) is 36.1 Å². The molecule has 0 spiro atoms. The molecular formula is C15H21BFN3O3. The molecule has 6 nitrogen and oxygen atoms in total. The van der Waals surface area contributed by atoms with E-state index in [1.165, 1.54) is 0 Å². The van der Waals surface area contributed by atoms with Gasteiger partial charge in [0.25, 0.3) is 0 Å². The van der Waals surface area contributed by atoms with Crippen LogP contribution >= 0.6 is 0 Å². The van der Waals surface area contributed by atoms with E-state index in [2.05, 4.69) is 10.0 Å². The van der Waals surface area contributed by atoms with Gasteiger partial charge in [0, 0.05) is 4.91 Å². The van der Waals surface area contributed by atoms with Crippen LogP contribution in [0.1, 0.15) is 39.4 Å². The van der Waals surface area contributed by atoms with Crippen molar-refractivity contribution in [3.8, 4) is 0 Å². The summed E-state index contributed by atoms with van der Waals surface area (Å²) in [5.41, 5.74) is 8.81. The number of alkyl halides is 1. The number of rotatable bonds is 5. The van der Waals surface area contributed by atoms with Gasteiger partial charge in [0.2, 0.25) is 0 Å². The van der Waals surface area contributed by atoms with E-state index in [-0.39, 0.29) is 0 Å². The van der Waals surface area contributed by atoms with E-state index in [0.717, 1.165) is 5.46 Å². The lowest BCUT2D eigenvalue weighted by atomic mass is 9.78. The summed E-state index contributed by atoms with van der Waals surface area (Å²) < 4.78 is 24.7. The lowest BCUT2D eigenvalue weighted by Crippen LogP contribution is -2.41. The van der Waals surface area contributed by atoms with E-state index >= 15 is 0 Å². The number of benzene rings is 1. The van der Waals surface area contributed by atoms with E-state index in [4.69, 9.17) is 14.8 Å². The Morgan fingerprint density at radius 2 is 1.74 bits per heavy atom. The van der Waals surface area contributed by atoms with Crippen LogP contribution in [0.15, 0.2) is 29.4 Å². The van der Waals surface area contributed by atoms with E-state index in [1.807, 2.05) is 27.7 Å². The van der Waals surface area contributed by atoms with Crippen molar-refractivity contribution in [1.29, 1.82) is 0 Å². The predicted octanol–water partition coefficient (Wildman–Crippen LogP) is 2.67. The Morgan fingerprint density at radius 3 is 2.17 bits per heavy atom. The highest BCUT2D eigenvalue weighted by molar-refractivity contribution is 6.62. The van der Waals surface area contributed by atoms with Crippen molar-refractivity contribution >= 4 is 12.6 Å². The van der Waals surface area contributed by atoms with Crippen LogP contribution in [0.2, 0.25) is 0 Å². The van der Waals surface area contributed by atoms with Gasteiger partial charge in [-0.3, -0.25) is 4.39 Å². The standard InChI is InChI=1S/C15H21BFN3O3/c1-14(2)15(3,4)23-16(22-14)11-7-5-10(6-8-11)13(21)12(9-17)19-20-18/h5-8,12-13,21H,9H2,1-4H3/t12-,13-/m1/s1. The molecule has 2 atom stereocenters. The minimum absolute atomic E-state index is 0.434. The van der Waals surface area contributed by atoms with Crippen molar-refractivity contribution in [3.63, 3.8) is 0 Å². The van der Waals surface area contributed by atoms with E-state index in [0.29, 0.717) is 5.56 Å². The third-order valence-corrected chi connectivity index (χ3v) is 4.53. The van der Waals surface area contributed by atoms with E-state index in [1.54, 1.807) is 24.3 Å². The number of nitrogens with zero attached hydrogens (tertiary/aromatic N) is 3. The molecule has 124 valence electrons. The summed E-state index contributed by atoms with van der Waals surface area (Å²) in [5.74, 6) is 0. The van der Waals surface area contributed by atoms with Crippen LogP contribution in [-0.2, 0) is 9.31 Å². The first-order valence-electron chi connectivity index (χ1n) is 7.45. The molecule has 1 N–H and O–H groups in total. The molecule has 1 aliphatic heterocycles. The Bertz CT molecular complexity index is 586. The minimum atomic E-state index is -1.19. The fourth-order valence-corrected chi connectivity index (χ4v) is 2.30. The maximum Gasteiger partial charge on any atom is 0.494 e. The SMILES string of the molecule is CC1(C)OB(c2ccc([C@@H](O)[C@@H](CF)N=[N+]=[N-])cc2)OC1(C)C. The van der Waals surface area contributed by atoms with Gasteiger partial charge in [0.15, 0.2) is 0 Å². The predicted molar refractivity (Wildman–Crippen MR) is 86.0 cm³/mol. The summed E-state index contributed by atoms with van der Waals surface area (Å²) in [6.45, 7) is 6.95. The highest BCUT2D eigenvalue weighted by Gasteiger charge is 2.51. The van der Waals surface area contributed by atoms with Crippen molar-refractivity contribution in [2.75, 3.05) is 6.67 Å². The van der Waals surface area contributed by atoms with Crippen molar-refractivity contribution in [2.45, 2.75) is 51.0 Å². The van der Waals surface area contributed by atoms with Crippen molar-refractivity contribution < 1.29 is 18.8 Å². The molecule has 0 unspecified atom stereocenters. The molecule has 1 saturated heterocycles. The van der Waals surface area contributed by atoms with Gasteiger partial charge in [-0.25, -0.2) is 0 Å². The first kappa shape index (κ1) is 17.8. The maximum absolute atomic E-state index is 12.8. The first-order chi connectivity index (χ1) is 10.7. The molecule has 23 heavy (non-hydrogen) atoms. The number of hydrogen-bond donors (Lipinski definition) is 1. The summed E-state index contributed by atoms with van der Waals surface area (Å²) in [5, 5.41) is 13.3. The van der Waals surface area contributed by atoms with Crippen LogP contribution in [0.5, 0.6) is 0 Å². The summed E-state index contributed by atoms with van der Waals surface area (Å²) in [6, 6.07) is 5.68. The highest BCUT2D eigenvalue weighted by Crippen LogP contribution is 2.36. The van der Waals surface area contributed by atoms with E-state index < -0.39 is 37.1 Å². The molecule has 0 aromatic heterocycles. The molecule has 2 rings (SSSR count).